The van der Waals surface area contributed by atoms with Crippen LogP contribution >= 0.6 is 0 Å². The van der Waals surface area contributed by atoms with Crippen molar-refractivity contribution < 1.29 is 22.4 Å². The largest absolute Gasteiger partial charge is 0.437 e. The van der Waals surface area contributed by atoms with E-state index >= 15 is 0 Å². The molecule has 0 aliphatic rings. The van der Waals surface area contributed by atoms with Crippen LogP contribution in [0.25, 0.3) is 16.6 Å². The highest BCUT2D eigenvalue weighted by Gasteiger charge is 2.32. The molecule has 1 N–H and O–H groups in total. The third-order valence-electron chi connectivity index (χ3n) is 3.79. The van der Waals surface area contributed by atoms with Gasteiger partial charge in [0.05, 0.1) is 23.5 Å². The molecule has 0 amide bonds. The van der Waals surface area contributed by atoms with E-state index in [9.17, 15) is 13.2 Å². The zero-order valence-electron chi connectivity index (χ0n) is 13.2. The molecule has 4 aromatic heterocycles. The maximum absolute atomic E-state index is 12.6. The second-order valence-electron chi connectivity index (χ2n) is 5.48. The molecule has 0 saturated heterocycles. The van der Waals surface area contributed by atoms with E-state index in [1.54, 1.807) is 12.3 Å². The Balaban J connectivity index is 1.71. The highest BCUT2D eigenvalue weighted by atomic mass is 19.4. The van der Waals surface area contributed by atoms with Gasteiger partial charge >= 0.3 is 6.18 Å². The number of alkyl halides is 3. The van der Waals surface area contributed by atoms with Crippen LogP contribution in [-0.2, 0) is 6.18 Å². The minimum absolute atomic E-state index is 0.172. The van der Waals surface area contributed by atoms with E-state index in [4.69, 9.17) is 4.74 Å². The molecule has 0 aliphatic heterocycles. The van der Waals surface area contributed by atoms with Gasteiger partial charge < -0.3 is 4.74 Å². The number of rotatable bonds is 3. The Kier molecular flexibility index (Phi) is 3.80. The smallest absolute Gasteiger partial charge is 0.433 e. The fourth-order valence-corrected chi connectivity index (χ4v) is 2.60. The molecule has 8 heteroatoms. The molecular weight excluding hydrogens is 345 g/mol. The van der Waals surface area contributed by atoms with E-state index < -0.39 is 11.9 Å². The Morgan fingerprint density at radius 1 is 0.962 bits per heavy atom. The topological polar surface area (TPSA) is 54.9 Å². The molecule has 5 nitrogen and oxygen atoms in total. The molecule has 4 aromatic rings. The van der Waals surface area contributed by atoms with E-state index in [1.807, 2.05) is 41.2 Å². The first-order valence-electron chi connectivity index (χ1n) is 7.66. The molecule has 26 heavy (non-hydrogen) atoms. The SMILES string of the molecule is FC(F)(F)c1ccc(Oc2ncccc2-c2c[nH][n+]3ccccc23)cn1. The van der Waals surface area contributed by atoms with E-state index in [1.165, 1.54) is 6.07 Å². The summed E-state index contributed by atoms with van der Waals surface area (Å²) in [6.45, 7) is 0. The fourth-order valence-electron chi connectivity index (χ4n) is 2.60. The molecule has 4 rings (SSSR count). The summed E-state index contributed by atoms with van der Waals surface area (Å²) in [7, 11) is 0. The minimum Gasteiger partial charge on any atom is -0.437 e. The van der Waals surface area contributed by atoms with E-state index in [-0.39, 0.29) is 11.6 Å². The standard InChI is InChI=1S/C18H11F3N4O/c19-18(20,21)16-7-6-12(10-23-16)26-17-13(4-3-8-22-17)14-11-24-25-9-2-1-5-15(14)25/h1-11H/p+1. The van der Waals surface area contributed by atoms with Crippen LogP contribution < -0.4 is 9.25 Å². The zero-order chi connectivity index (χ0) is 18.1. The van der Waals surface area contributed by atoms with Crippen molar-refractivity contribution in [2.75, 3.05) is 0 Å². The van der Waals surface area contributed by atoms with Gasteiger partial charge in [0, 0.05) is 18.3 Å². The monoisotopic (exact) mass is 357 g/mol. The lowest BCUT2D eigenvalue weighted by Crippen LogP contribution is -2.20. The van der Waals surface area contributed by atoms with Gasteiger partial charge in [0.2, 0.25) is 17.6 Å². The molecular formula is C18H12F3N4O+. The van der Waals surface area contributed by atoms with Crippen LogP contribution in [-0.4, -0.2) is 15.1 Å². The van der Waals surface area contributed by atoms with Gasteiger partial charge in [-0.15, -0.1) is 0 Å². The second-order valence-corrected chi connectivity index (χ2v) is 5.48. The molecule has 0 unspecified atom stereocenters. The van der Waals surface area contributed by atoms with Gasteiger partial charge in [-0.1, -0.05) is 4.52 Å². The predicted molar refractivity (Wildman–Crippen MR) is 86.5 cm³/mol. The van der Waals surface area contributed by atoms with Crippen molar-refractivity contribution in [3.63, 3.8) is 0 Å². The number of hydrogen-bond donors (Lipinski definition) is 1. The number of nitrogens with one attached hydrogen (secondary N) is 1. The highest BCUT2D eigenvalue weighted by molar-refractivity contribution is 5.80. The van der Waals surface area contributed by atoms with Crippen LogP contribution in [0, 0.1) is 0 Å². The van der Waals surface area contributed by atoms with Crippen LogP contribution in [0.2, 0.25) is 0 Å². The average Bonchev–Trinajstić information content (AvgIpc) is 3.06. The predicted octanol–water partition coefficient (Wildman–Crippen LogP) is 4.02. The summed E-state index contributed by atoms with van der Waals surface area (Å²) >= 11 is 0. The number of halogens is 3. The first kappa shape index (κ1) is 16.1. The number of fused-ring (bicyclic) bond motifs is 1. The summed E-state index contributed by atoms with van der Waals surface area (Å²) in [5.41, 5.74) is 1.50. The van der Waals surface area contributed by atoms with Crippen LogP contribution in [0.3, 0.4) is 0 Å². The number of nitrogens with zero attached hydrogens (tertiary/aromatic N) is 3. The van der Waals surface area contributed by atoms with Crippen molar-refractivity contribution in [3.05, 3.63) is 72.9 Å². The third kappa shape index (κ3) is 2.97. The van der Waals surface area contributed by atoms with Crippen molar-refractivity contribution >= 4 is 5.52 Å². The number of ether oxygens (including phenoxy) is 1. The van der Waals surface area contributed by atoms with Crippen molar-refractivity contribution in [1.82, 2.24) is 15.1 Å². The van der Waals surface area contributed by atoms with Gasteiger partial charge in [-0.2, -0.15) is 18.3 Å². The Morgan fingerprint density at radius 3 is 2.62 bits per heavy atom. The molecule has 0 fully saturated rings. The first-order valence-corrected chi connectivity index (χ1v) is 7.66. The van der Waals surface area contributed by atoms with Crippen molar-refractivity contribution in [2.45, 2.75) is 6.18 Å². The van der Waals surface area contributed by atoms with Gasteiger partial charge in [0.25, 0.3) is 0 Å². The van der Waals surface area contributed by atoms with E-state index in [0.717, 1.165) is 23.3 Å². The summed E-state index contributed by atoms with van der Waals surface area (Å²) < 4.78 is 45.4. The zero-order valence-corrected chi connectivity index (χ0v) is 13.2. The summed E-state index contributed by atoms with van der Waals surface area (Å²) in [6.07, 6.45) is 1.78. The third-order valence-corrected chi connectivity index (χ3v) is 3.79. The maximum atomic E-state index is 12.6. The first-order chi connectivity index (χ1) is 12.5. The molecule has 0 saturated carbocycles. The maximum Gasteiger partial charge on any atom is 0.433 e. The summed E-state index contributed by atoms with van der Waals surface area (Å²) in [5.74, 6) is 0.449. The van der Waals surface area contributed by atoms with E-state index in [2.05, 4.69) is 15.1 Å². The average molecular weight is 357 g/mol. The normalized spacial score (nSPS) is 11.7. The highest BCUT2D eigenvalue weighted by Crippen LogP contribution is 2.33. The molecule has 4 heterocycles. The number of hydrogen-bond acceptors (Lipinski definition) is 3. The van der Waals surface area contributed by atoms with Crippen molar-refractivity contribution in [1.29, 1.82) is 0 Å². The van der Waals surface area contributed by atoms with Gasteiger partial charge in [-0.05, 0) is 30.3 Å². The van der Waals surface area contributed by atoms with E-state index in [0.29, 0.717) is 5.56 Å². The number of aromatic amines is 1. The van der Waals surface area contributed by atoms with Gasteiger partial charge in [-0.3, -0.25) is 0 Å². The number of H-pyrrole nitrogens is 1. The van der Waals surface area contributed by atoms with Crippen molar-refractivity contribution in [2.24, 2.45) is 0 Å². The van der Waals surface area contributed by atoms with Gasteiger partial charge in [0.15, 0.2) is 0 Å². The van der Waals surface area contributed by atoms with Crippen LogP contribution in [0.15, 0.2) is 67.3 Å². The van der Waals surface area contributed by atoms with Crippen LogP contribution in [0.5, 0.6) is 11.6 Å². The lowest BCUT2D eigenvalue weighted by Gasteiger charge is -2.09. The lowest BCUT2D eigenvalue weighted by atomic mass is 10.1. The molecule has 0 spiro atoms. The lowest BCUT2D eigenvalue weighted by molar-refractivity contribution is -0.576. The molecule has 0 radical (unpaired) electrons. The Morgan fingerprint density at radius 2 is 1.85 bits per heavy atom. The van der Waals surface area contributed by atoms with Crippen LogP contribution in [0.1, 0.15) is 5.69 Å². The Hall–Kier alpha value is -3.42. The van der Waals surface area contributed by atoms with Crippen molar-refractivity contribution in [3.8, 4) is 22.8 Å². The second kappa shape index (κ2) is 6.14. The molecule has 0 bridgehead atoms. The minimum atomic E-state index is -4.49. The Bertz CT molecular complexity index is 1060. The fraction of sp³-hybridized carbons (Fsp3) is 0.0556. The Labute approximate surface area is 145 Å². The molecule has 0 aliphatic carbocycles. The number of aromatic nitrogens is 4. The quantitative estimate of drug-likeness (QED) is 0.564. The van der Waals surface area contributed by atoms with Gasteiger partial charge in [-0.25, -0.2) is 9.97 Å². The summed E-state index contributed by atoms with van der Waals surface area (Å²) in [4.78, 5) is 7.61. The molecule has 0 aromatic carbocycles. The summed E-state index contributed by atoms with van der Waals surface area (Å²) in [5, 5.41) is 3.10. The molecule has 130 valence electrons. The molecule has 0 atom stereocenters. The van der Waals surface area contributed by atoms with Gasteiger partial charge in [0.1, 0.15) is 11.4 Å². The summed E-state index contributed by atoms with van der Waals surface area (Å²) in [6, 6.07) is 11.4. The number of pyridine rings is 3. The van der Waals surface area contributed by atoms with Crippen LogP contribution in [0.4, 0.5) is 13.2 Å².